The Morgan fingerprint density at radius 1 is 1.07 bits per heavy atom. The molecule has 4 aromatic rings. The molecule has 4 heterocycles. The van der Waals surface area contributed by atoms with Gasteiger partial charge in [0, 0.05) is 5.75 Å². The van der Waals surface area contributed by atoms with Crippen LogP contribution >= 0.6 is 62.1 Å². The summed E-state index contributed by atoms with van der Waals surface area (Å²) in [4.78, 5) is 40.9. The number of nitrogens with zero attached hydrogens (tertiary/aromatic N) is 1. The standard InChI is InChI=1S/C29H21BrN2O4S4/c30-20-23(33)25-19(12-14-37-25)40-29(20)38-13-11-18-15-39-27-21(31)26(34)32(27)22(18)28(35)36-24(16-7-3-1-4-8-16)17-9-5-2-6-10-17/h1-14,21,24,27H,15,31H2/b13-11+/t21-,27-/m1/s1. The van der Waals surface area contributed by atoms with Gasteiger partial charge in [-0.2, -0.15) is 0 Å². The topological polar surface area (TPSA) is 89.7 Å². The minimum absolute atomic E-state index is 0.0350. The molecule has 11 heteroatoms. The Balaban J connectivity index is 1.33. The second kappa shape index (κ2) is 11.7. The predicted molar refractivity (Wildman–Crippen MR) is 168 cm³/mol. The first-order valence-electron chi connectivity index (χ1n) is 12.2. The zero-order valence-electron chi connectivity index (χ0n) is 20.7. The maximum Gasteiger partial charge on any atom is 0.356 e. The molecule has 2 aliphatic heterocycles. The number of benzene rings is 2. The van der Waals surface area contributed by atoms with Crippen LogP contribution in [0.4, 0.5) is 0 Å². The highest BCUT2D eigenvalue weighted by molar-refractivity contribution is 9.10. The van der Waals surface area contributed by atoms with Crippen molar-refractivity contribution < 1.29 is 14.3 Å². The van der Waals surface area contributed by atoms with Gasteiger partial charge in [-0.05, 0) is 55.6 Å². The normalized spacial score (nSPS) is 18.9. The number of hydrogen-bond donors (Lipinski definition) is 1. The van der Waals surface area contributed by atoms with Crippen molar-refractivity contribution in [3.05, 3.63) is 121 Å². The van der Waals surface area contributed by atoms with Crippen LogP contribution in [-0.2, 0) is 14.3 Å². The summed E-state index contributed by atoms with van der Waals surface area (Å²) in [7, 11) is 0. The van der Waals surface area contributed by atoms with Gasteiger partial charge in [0.15, 0.2) is 6.10 Å². The van der Waals surface area contributed by atoms with E-state index in [2.05, 4.69) is 15.9 Å². The molecule has 6 rings (SSSR count). The summed E-state index contributed by atoms with van der Waals surface area (Å²) in [6, 6.07) is 20.3. The summed E-state index contributed by atoms with van der Waals surface area (Å²) in [5.41, 5.74) is 8.57. The summed E-state index contributed by atoms with van der Waals surface area (Å²) in [6.45, 7) is 0. The summed E-state index contributed by atoms with van der Waals surface area (Å²) < 4.78 is 9.13. The highest BCUT2D eigenvalue weighted by atomic mass is 79.9. The maximum absolute atomic E-state index is 13.8. The number of ether oxygens (including phenoxy) is 1. The molecule has 0 aliphatic carbocycles. The van der Waals surface area contributed by atoms with E-state index in [9.17, 15) is 14.4 Å². The van der Waals surface area contributed by atoms with E-state index < -0.39 is 18.1 Å². The molecule has 0 saturated carbocycles. The summed E-state index contributed by atoms with van der Waals surface area (Å²) in [5, 5.41) is 3.44. The minimum atomic E-state index is -0.655. The predicted octanol–water partition coefficient (Wildman–Crippen LogP) is 6.52. The minimum Gasteiger partial charge on any atom is -0.448 e. The SMILES string of the molecule is N[C@@H]1C(=O)N2C(C(=O)OC(c3ccccc3)c3ccccc3)=C(/C=C/Sc3sc4ccsc4c(=O)c3Br)CS[C@H]12. The average molecular weight is 670 g/mol. The number of amides is 1. The van der Waals surface area contributed by atoms with E-state index in [1.54, 1.807) is 0 Å². The van der Waals surface area contributed by atoms with Crippen LogP contribution in [0.5, 0.6) is 0 Å². The van der Waals surface area contributed by atoms with Crippen LogP contribution in [0.1, 0.15) is 17.2 Å². The average Bonchev–Trinajstić information content (AvgIpc) is 3.47. The van der Waals surface area contributed by atoms with Crippen molar-refractivity contribution in [1.82, 2.24) is 4.90 Å². The number of allylic oxidation sites excluding steroid dienone is 1. The fourth-order valence-corrected chi connectivity index (χ4v) is 9.63. The van der Waals surface area contributed by atoms with Gasteiger partial charge in [0.1, 0.15) is 17.1 Å². The number of β-lactam (4-membered cyclic amide) rings is 1. The molecule has 1 amide bonds. The molecule has 0 spiro atoms. The summed E-state index contributed by atoms with van der Waals surface area (Å²) in [5.74, 6) is -0.396. The maximum atomic E-state index is 13.8. The quantitative estimate of drug-likeness (QED) is 0.136. The van der Waals surface area contributed by atoms with E-state index in [1.807, 2.05) is 83.6 Å². The van der Waals surface area contributed by atoms with Gasteiger partial charge in [-0.3, -0.25) is 14.5 Å². The van der Waals surface area contributed by atoms with Gasteiger partial charge < -0.3 is 10.5 Å². The van der Waals surface area contributed by atoms with E-state index in [0.717, 1.165) is 24.7 Å². The molecule has 6 nitrogen and oxygen atoms in total. The van der Waals surface area contributed by atoms with Crippen molar-refractivity contribution in [3.8, 4) is 0 Å². The van der Waals surface area contributed by atoms with Crippen molar-refractivity contribution in [3.63, 3.8) is 0 Å². The van der Waals surface area contributed by atoms with Gasteiger partial charge in [-0.15, -0.1) is 34.4 Å². The van der Waals surface area contributed by atoms with Gasteiger partial charge in [-0.1, -0.05) is 72.4 Å². The second-order valence-electron chi connectivity index (χ2n) is 8.98. The van der Waals surface area contributed by atoms with E-state index in [-0.39, 0.29) is 22.4 Å². The Hall–Kier alpha value is -2.67. The second-order valence-corrected chi connectivity index (χ2v) is 14.0. The lowest BCUT2D eigenvalue weighted by molar-refractivity contribution is -0.153. The van der Waals surface area contributed by atoms with E-state index >= 15 is 0 Å². The van der Waals surface area contributed by atoms with Crippen LogP contribution in [0.15, 0.2) is 108 Å². The summed E-state index contributed by atoms with van der Waals surface area (Å²) >= 11 is 9.31. The number of hydrogen-bond acceptors (Lipinski definition) is 9. The highest BCUT2D eigenvalue weighted by Crippen LogP contribution is 2.42. The zero-order valence-corrected chi connectivity index (χ0v) is 25.5. The number of rotatable bonds is 7. The van der Waals surface area contributed by atoms with Crippen molar-refractivity contribution in [2.75, 3.05) is 5.75 Å². The monoisotopic (exact) mass is 668 g/mol. The first kappa shape index (κ1) is 27.5. The van der Waals surface area contributed by atoms with Gasteiger partial charge >= 0.3 is 5.97 Å². The Morgan fingerprint density at radius 2 is 1.75 bits per heavy atom. The van der Waals surface area contributed by atoms with Crippen LogP contribution in [0.25, 0.3) is 9.40 Å². The van der Waals surface area contributed by atoms with Crippen LogP contribution in [-0.4, -0.2) is 33.9 Å². The molecule has 2 aromatic carbocycles. The van der Waals surface area contributed by atoms with Gasteiger partial charge in [-0.25, -0.2) is 4.79 Å². The van der Waals surface area contributed by atoms with Crippen LogP contribution in [0, 0.1) is 0 Å². The zero-order chi connectivity index (χ0) is 27.8. The Bertz CT molecular complexity index is 1680. The third-order valence-electron chi connectivity index (χ3n) is 6.52. The molecule has 0 unspecified atom stereocenters. The highest BCUT2D eigenvalue weighted by Gasteiger charge is 2.52. The van der Waals surface area contributed by atoms with Crippen molar-refractivity contribution in [1.29, 1.82) is 0 Å². The lowest BCUT2D eigenvalue weighted by Gasteiger charge is -2.48. The molecule has 2 atom stereocenters. The molecule has 1 fully saturated rings. The number of thioether (sulfide) groups is 2. The largest absolute Gasteiger partial charge is 0.448 e. The Morgan fingerprint density at radius 3 is 2.42 bits per heavy atom. The molecule has 2 N–H and O–H groups in total. The number of carbonyl (C=O) groups is 2. The van der Waals surface area contributed by atoms with Gasteiger partial charge in [0.05, 0.1) is 18.1 Å². The molecule has 0 bridgehead atoms. The van der Waals surface area contributed by atoms with Gasteiger partial charge in [0.25, 0.3) is 0 Å². The molecule has 1 saturated heterocycles. The Labute approximate surface area is 255 Å². The number of thiophene rings is 1. The molecule has 2 aromatic heterocycles. The molecular formula is C29H21BrN2O4S4. The Kier molecular flexibility index (Phi) is 8.02. The molecule has 0 radical (unpaired) electrons. The molecule has 40 heavy (non-hydrogen) atoms. The van der Waals surface area contributed by atoms with Gasteiger partial charge in [0.2, 0.25) is 11.3 Å². The van der Waals surface area contributed by atoms with E-state index in [4.69, 9.17) is 10.5 Å². The third kappa shape index (κ3) is 5.10. The van der Waals surface area contributed by atoms with Crippen molar-refractivity contribution in [2.45, 2.75) is 21.7 Å². The number of halogens is 1. The first-order chi connectivity index (χ1) is 19.4. The summed E-state index contributed by atoms with van der Waals surface area (Å²) in [6.07, 6.45) is 1.17. The van der Waals surface area contributed by atoms with E-state index in [1.165, 1.54) is 51.1 Å². The third-order valence-corrected chi connectivity index (χ3v) is 12.3. The fourth-order valence-electron chi connectivity index (χ4n) is 4.54. The number of fused-ring (bicyclic) bond motifs is 2. The molecular weight excluding hydrogens is 649 g/mol. The fraction of sp³-hybridized carbons (Fsp3) is 0.138. The molecule has 202 valence electrons. The van der Waals surface area contributed by atoms with Crippen LogP contribution in [0.2, 0.25) is 0 Å². The number of nitrogens with two attached hydrogens (primary N) is 1. The van der Waals surface area contributed by atoms with Crippen LogP contribution < -0.4 is 11.2 Å². The van der Waals surface area contributed by atoms with Crippen molar-refractivity contribution in [2.24, 2.45) is 5.73 Å². The first-order valence-corrected chi connectivity index (χ1v) is 16.6. The van der Waals surface area contributed by atoms with Crippen LogP contribution in [0.3, 0.4) is 0 Å². The lowest BCUT2D eigenvalue weighted by Crippen LogP contribution is -2.68. The number of esters is 1. The van der Waals surface area contributed by atoms with E-state index in [0.29, 0.717) is 15.8 Å². The van der Waals surface area contributed by atoms with Crippen molar-refractivity contribution >= 4 is 83.4 Å². The number of carbonyl (C=O) groups excluding carboxylic acids is 2. The molecule has 2 aliphatic rings. The lowest BCUT2D eigenvalue weighted by atomic mass is 10.0. The smallest absolute Gasteiger partial charge is 0.356 e.